The minimum Gasteiger partial charge on any atom is -0.0773 e. The molecule has 4 rings (SSSR count). The van der Waals surface area contributed by atoms with Crippen LogP contribution in [0.2, 0.25) is 0 Å². The molecule has 0 saturated carbocycles. The fraction of sp³-hybridized carbons (Fsp3) is 0.238. The Morgan fingerprint density at radius 1 is 1.00 bits per heavy atom. The van der Waals surface area contributed by atoms with E-state index in [4.69, 9.17) is 0 Å². The van der Waals surface area contributed by atoms with Gasteiger partial charge in [-0.2, -0.15) is 0 Å². The van der Waals surface area contributed by atoms with E-state index in [0.717, 1.165) is 6.42 Å². The Hall–Kier alpha value is -2.08. The first-order valence-electron chi connectivity index (χ1n) is 7.87. The monoisotopic (exact) mass is 272 g/mol. The van der Waals surface area contributed by atoms with E-state index in [-0.39, 0.29) is 0 Å². The van der Waals surface area contributed by atoms with Gasteiger partial charge in [-0.05, 0) is 59.9 Å². The first-order valence-corrected chi connectivity index (χ1v) is 7.87. The molecule has 0 amide bonds. The molecule has 0 heterocycles. The summed E-state index contributed by atoms with van der Waals surface area (Å²) in [5.41, 5.74) is 8.88. The summed E-state index contributed by atoms with van der Waals surface area (Å²) in [7, 11) is 0. The highest BCUT2D eigenvalue weighted by Crippen LogP contribution is 2.38. The van der Waals surface area contributed by atoms with Crippen LogP contribution < -0.4 is 0 Å². The Morgan fingerprint density at radius 3 is 2.71 bits per heavy atom. The highest BCUT2D eigenvalue weighted by atomic mass is 14.2. The van der Waals surface area contributed by atoms with Crippen molar-refractivity contribution in [2.45, 2.75) is 26.2 Å². The van der Waals surface area contributed by atoms with E-state index in [1.807, 2.05) is 0 Å². The molecule has 1 atom stereocenters. The van der Waals surface area contributed by atoms with Gasteiger partial charge in [-0.15, -0.1) is 0 Å². The van der Waals surface area contributed by atoms with Gasteiger partial charge in [0.05, 0.1) is 0 Å². The number of aryl methyl sites for hydroxylation is 1. The van der Waals surface area contributed by atoms with Crippen molar-refractivity contribution in [1.29, 1.82) is 0 Å². The molecule has 0 radical (unpaired) electrons. The van der Waals surface area contributed by atoms with E-state index in [9.17, 15) is 0 Å². The molecule has 0 nitrogen and oxygen atoms in total. The number of benzene rings is 2. The lowest BCUT2D eigenvalue weighted by Crippen LogP contribution is -1.97. The van der Waals surface area contributed by atoms with Gasteiger partial charge in [-0.3, -0.25) is 0 Å². The van der Waals surface area contributed by atoms with Crippen molar-refractivity contribution in [3.63, 3.8) is 0 Å². The van der Waals surface area contributed by atoms with Gasteiger partial charge in [0.2, 0.25) is 0 Å². The normalized spacial score (nSPS) is 18.5. The molecule has 104 valence electrons. The van der Waals surface area contributed by atoms with Crippen molar-refractivity contribution in [2.24, 2.45) is 5.92 Å². The van der Waals surface area contributed by atoms with Crippen molar-refractivity contribution in [2.75, 3.05) is 0 Å². The largest absolute Gasteiger partial charge is 0.0773 e. The molecule has 0 aliphatic heterocycles. The van der Waals surface area contributed by atoms with Crippen LogP contribution in [0.1, 0.15) is 30.0 Å². The van der Waals surface area contributed by atoms with Crippen LogP contribution in [0.25, 0.3) is 11.1 Å². The predicted molar refractivity (Wildman–Crippen MR) is 89.4 cm³/mol. The average Bonchev–Trinajstić information content (AvgIpc) is 3.09. The third kappa shape index (κ3) is 2.25. The molecule has 2 aromatic carbocycles. The smallest absolute Gasteiger partial charge is 0.00107 e. The second-order valence-corrected chi connectivity index (χ2v) is 6.25. The predicted octanol–water partition coefficient (Wildman–Crippen LogP) is 5.32. The highest BCUT2D eigenvalue weighted by molar-refractivity contribution is 5.77. The first kappa shape index (κ1) is 12.6. The Bertz CT molecular complexity index is 746. The molecule has 0 spiro atoms. The lowest BCUT2D eigenvalue weighted by atomic mass is 9.94. The number of fused-ring (bicyclic) bond motifs is 3. The molecule has 21 heavy (non-hydrogen) atoms. The quantitative estimate of drug-likeness (QED) is 0.605. The first-order chi connectivity index (χ1) is 10.3. The molecule has 1 unspecified atom stereocenters. The minimum atomic E-state index is 0.629. The summed E-state index contributed by atoms with van der Waals surface area (Å²) >= 11 is 0. The third-order valence-corrected chi connectivity index (χ3v) is 4.78. The summed E-state index contributed by atoms with van der Waals surface area (Å²) < 4.78 is 0. The Labute approximate surface area is 126 Å². The van der Waals surface area contributed by atoms with Crippen molar-refractivity contribution < 1.29 is 0 Å². The van der Waals surface area contributed by atoms with Gasteiger partial charge in [-0.25, -0.2) is 0 Å². The van der Waals surface area contributed by atoms with Gasteiger partial charge in [0.15, 0.2) is 0 Å². The van der Waals surface area contributed by atoms with E-state index in [2.05, 4.69) is 67.6 Å². The fourth-order valence-electron chi connectivity index (χ4n) is 3.68. The summed E-state index contributed by atoms with van der Waals surface area (Å²) in [5, 5.41) is 0. The van der Waals surface area contributed by atoms with Crippen molar-refractivity contribution >= 4 is 0 Å². The standard InChI is InChI=1S/C21H20/c1-15-9-10-16(13-15)11-12-17-6-4-8-20-19-7-3-2-5-18(19)14-21(17)20/h2-10,13,16H,11-12,14H2,1H3. The molecular weight excluding hydrogens is 252 g/mol. The fourth-order valence-corrected chi connectivity index (χ4v) is 3.68. The second kappa shape index (κ2) is 5.04. The van der Waals surface area contributed by atoms with E-state index in [1.54, 1.807) is 5.56 Å². The summed E-state index contributed by atoms with van der Waals surface area (Å²) in [6.45, 7) is 2.19. The van der Waals surface area contributed by atoms with Gasteiger partial charge in [-0.1, -0.05) is 66.3 Å². The summed E-state index contributed by atoms with van der Waals surface area (Å²) in [5.74, 6) is 0.629. The van der Waals surface area contributed by atoms with Gasteiger partial charge in [0, 0.05) is 0 Å². The molecule has 2 aliphatic carbocycles. The molecule has 0 fully saturated rings. The Kier molecular flexibility index (Phi) is 3.03. The molecule has 0 bridgehead atoms. The van der Waals surface area contributed by atoms with Gasteiger partial charge < -0.3 is 0 Å². The molecule has 2 aliphatic rings. The molecule has 0 aromatic heterocycles. The number of hydrogen-bond acceptors (Lipinski definition) is 0. The van der Waals surface area contributed by atoms with E-state index in [0.29, 0.717) is 5.92 Å². The molecule has 0 N–H and O–H groups in total. The third-order valence-electron chi connectivity index (χ3n) is 4.78. The number of hydrogen-bond donors (Lipinski definition) is 0. The van der Waals surface area contributed by atoms with Crippen LogP contribution in [-0.4, -0.2) is 0 Å². The van der Waals surface area contributed by atoms with E-state index >= 15 is 0 Å². The van der Waals surface area contributed by atoms with Crippen LogP contribution in [0.3, 0.4) is 0 Å². The molecule has 0 saturated heterocycles. The number of allylic oxidation sites excluding steroid dienone is 4. The van der Waals surface area contributed by atoms with Crippen LogP contribution >= 0.6 is 0 Å². The zero-order chi connectivity index (χ0) is 14.2. The van der Waals surface area contributed by atoms with Crippen LogP contribution in [0, 0.1) is 5.92 Å². The van der Waals surface area contributed by atoms with Crippen LogP contribution in [-0.2, 0) is 12.8 Å². The van der Waals surface area contributed by atoms with E-state index < -0.39 is 0 Å². The molecule has 0 heteroatoms. The summed E-state index contributed by atoms with van der Waals surface area (Å²) in [6.07, 6.45) is 10.5. The maximum Gasteiger partial charge on any atom is -0.00107 e. The highest BCUT2D eigenvalue weighted by Gasteiger charge is 2.20. The summed E-state index contributed by atoms with van der Waals surface area (Å²) in [4.78, 5) is 0. The lowest BCUT2D eigenvalue weighted by Gasteiger charge is -2.10. The topological polar surface area (TPSA) is 0 Å². The van der Waals surface area contributed by atoms with Crippen molar-refractivity contribution in [1.82, 2.24) is 0 Å². The molecule has 2 aromatic rings. The van der Waals surface area contributed by atoms with Crippen LogP contribution in [0.4, 0.5) is 0 Å². The zero-order valence-electron chi connectivity index (χ0n) is 12.5. The van der Waals surface area contributed by atoms with Crippen molar-refractivity contribution in [3.05, 3.63) is 83.0 Å². The van der Waals surface area contributed by atoms with E-state index in [1.165, 1.54) is 40.7 Å². The SMILES string of the molecule is CC1=CC(CCc2cccc3c2Cc2ccccc2-3)C=C1. The van der Waals surface area contributed by atoms with Crippen LogP contribution in [0.5, 0.6) is 0 Å². The Balaban J connectivity index is 1.60. The Morgan fingerprint density at radius 2 is 1.86 bits per heavy atom. The maximum absolute atomic E-state index is 2.39. The van der Waals surface area contributed by atoms with Gasteiger partial charge in [0.1, 0.15) is 0 Å². The number of rotatable bonds is 3. The van der Waals surface area contributed by atoms with Gasteiger partial charge >= 0.3 is 0 Å². The van der Waals surface area contributed by atoms with Gasteiger partial charge in [0.25, 0.3) is 0 Å². The molecular formula is C21H20. The average molecular weight is 272 g/mol. The van der Waals surface area contributed by atoms with Crippen LogP contribution in [0.15, 0.2) is 66.3 Å². The minimum absolute atomic E-state index is 0.629. The maximum atomic E-state index is 2.39. The second-order valence-electron chi connectivity index (χ2n) is 6.25. The lowest BCUT2D eigenvalue weighted by molar-refractivity contribution is 0.711. The summed E-state index contributed by atoms with van der Waals surface area (Å²) in [6, 6.07) is 15.7. The van der Waals surface area contributed by atoms with Crippen molar-refractivity contribution in [3.8, 4) is 11.1 Å². The zero-order valence-corrected chi connectivity index (χ0v) is 12.5.